The van der Waals surface area contributed by atoms with E-state index < -0.39 is 45.8 Å². The van der Waals surface area contributed by atoms with Crippen LogP contribution in [0.4, 0.5) is 10.1 Å². The molecule has 0 fully saturated rings. The Morgan fingerprint density at radius 1 is 0.947 bits per heavy atom. The second-order valence-electron chi connectivity index (χ2n) is 9.83. The Morgan fingerprint density at radius 2 is 1.53 bits per heavy atom. The highest BCUT2D eigenvalue weighted by Crippen LogP contribution is 2.25. The van der Waals surface area contributed by atoms with Gasteiger partial charge in [-0.2, -0.15) is 0 Å². The van der Waals surface area contributed by atoms with Gasteiger partial charge in [-0.3, -0.25) is 13.9 Å². The van der Waals surface area contributed by atoms with Crippen molar-refractivity contribution >= 4 is 39.1 Å². The smallest absolute Gasteiger partial charge is 0.264 e. The molecular weight excluding hydrogens is 529 g/mol. The molecule has 0 aliphatic carbocycles. The zero-order valence-electron chi connectivity index (χ0n) is 21.7. The Balaban J connectivity index is 2.03. The number of nitrogens with one attached hydrogen (secondary N) is 1. The molecule has 38 heavy (non-hydrogen) atoms. The van der Waals surface area contributed by atoms with E-state index in [1.165, 1.54) is 29.2 Å². The van der Waals surface area contributed by atoms with E-state index in [9.17, 15) is 22.4 Å². The summed E-state index contributed by atoms with van der Waals surface area (Å²) in [4.78, 5) is 28.2. The molecule has 1 atom stereocenters. The van der Waals surface area contributed by atoms with E-state index in [1.54, 1.807) is 49.4 Å². The van der Waals surface area contributed by atoms with E-state index in [0.29, 0.717) is 10.6 Å². The fourth-order valence-electron chi connectivity index (χ4n) is 3.72. The summed E-state index contributed by atoms with van der Waals surface area (Å²) in [6, 6.07) is 18.4. The van der Waals surface area contributed by atoms with Crippen LogP contribution < -0.4 is 9.62 Å². The number of anilines is 1. The summed E-state index contributed by atoms with van der Waals surface area (Å²) in [5, 5.41) is 3.27. The van der Waals surface area contributed by atoms with Gasteiger partial charge in [-0.1, -0.05) is 48.0 Å². The summed E-state index contributed by atoms with van der Waals surface area (Å²) in [5.41, 5.74) is 0.145. The molecule has 7 nitrogen and oxygen atoms in total. The van der Waals surface area contributed by atoms with E-state index in [-0.39, 0.29) is 17.1 Å². The molecule has 3 aromatic rings. The molecule has 0 heterocycles. The molecule has 1 N–H and O–H groups in total. The molecule has 0 aliphatic heterocycles. The number of carbonyl (C=O) groups excluding carboxylic acids is 2. The monoisotopic (exact) mass is 559 g/mol. The Morgan fingerprint density at radius 3 is 2.11 bits per heavy atom. The average molecular weight is 560 g/mol. The van der Waals surface area contributed by atoms with Crippen molar-refractivity contribution in [3.8, 4) is 0 Å². The van der Waals surface area contributed by atoms with Crippen molar-refractivity contribution < 1.29 is 22.4 Å². The van der Waals surface area contributed by atoms with Gasteiger partial charge in [-0.05, 0) is 75.7 Å². The van der Waals surface area contributed by atoms with Crippen molar-refractivity contribution in [2.75, 3.05) is 10.8 Å². The molecule has 0 unspecified atom stereocenters. The van der Waals surface area contributed by atoms with Crippen molar-refractivity contribution in [3.05, 3.63) is 95.3 Å². The normalized spacial score (nSPS) is 12.5. The molecule has 0 aliphatic rings. The molecule has 0 bridgehead atoms. The van der Waals surface area contributed by atoms with Gasteiger partial charge in [0.25, 0.3) is 10.0 Å². The lowest BCUT2D eigenvalue weighted by molar-refractivity contribution is -0.140. The van der Waals surface area contributed by atoms with Crippen LogP contribution in [0.5, 0.6) is 0 Å². The van der Waals surface area contributed by atoms with Crippen molar-refractivity contribution in [2.24, 2.45) is 0 Å². The topological polar surface area (TPSA) is 86.8 Å². The van der Waals surface area contributed by atoms with Crippen LogP contribution in [0.2, 0.25) is 5.02 Å². The van der Waals surface area contributed by atoms with Crippen molar-refractivity contribution in [3.63, 3.8) is 0 Å². The highest BCUT2D eigenvalue weighted by molar-refractivity contribution is 7.92. The van der Waals surface area contributed by atoms with E-state index >= 15 is 0 Å². The number of sulfonamides is 1. The summed E-state index contributed by atoms with van der Waals surface area (Å²) in [7, 11) is -4.21. The van der Waals surface area contributed by atoms with Gasteiger partial charge >= 0.3 is 0 Å². The third-order valence-electron chi connectivity index (χ3n) is 5.69. The predicted molar refractivity (Wildman–Crippen MR) is 147 cm³/mol. The molecule has 0 saturated heterocycles. The third kappa shape index (κ3) is 7.33. The maximum absolute atomic E-state index is 13.8. The number of amides is 2. The van der Waals surface area contributed by atoms with Gasteiger partial charge in [0.05, 0.1) is 10.6 Å². The number of hydrogen-bond donors (Lipinski definition) is 1. The van der Waals surface area contributed by atoms with E-state index in [0.717, 1.165) is 16.4 Å². The van der Waals surface area contributed by atoms with Gasteiger partial charge < -0.3 is 10.2 Å². The van der Waals surface area contributed by atoms with E-state index in [4.69, 9.17) is 11.6 Å². The molecule has 202 valence electrons. The number of nitrogens with zero attached hydrogens (tertiary/aromatic N) is 2. The number of carbonyl (C=O) groups is 2. The average Bonchev–Trinajstić information content (AvgIpc) is 2.86. The zero-order chi connectivity index (χ0) is 28.1. The molecular formula is C28H31ClFN3O4S. The Bertz CT molecular complexity index is 1380. The van der Waals surface area contributed by atoms with Crippen LogP contribution in [0, 0.1) is 5.82 Å². The first-order valence-electron chi connectivity index (χ1n) is 12.0. The lowest BCUT2D eigenvalue weighted by atomic mass is 10.1. The molecule has 0 saturated carbocycles. The minimum absolute atomic E-state index is 0.0279. The van der Waals surface area contributed by atoms with Gasteiger partial charge in [0.15, 0.2) is 0 Å². The number of benzene rings is 3. The summed E-state index contributed by atoms with van der Waals surface area (Å²) in [5.74, 6) is -1.59. The van der Waals surface area contributed by atoms with Crippen LogP contribution in [0.15, 0.2) is 83.8 Å². The molecule has 2 amide bonds. The molecule has 3 rings (SSSR count). The lowest BCUT2D eigenvalue weighted by Gasteiger charge is -2.33. The maximum atomic E-state index is 13.8. The largest absolute Gasteiger partial charge is 0.350 e. The molecule has 3 aromatic carbocycles. The number of halogens is 2. The summed E-state index contributed by atoms with van der Waals surface area (Å²) in [6.07, 6.45) is 0. The molecule has 0 aromatic heterocycles. The predicted octanol–water partition coefficient (Wildman–Crippen LogP) is 5.01. The van der Waals surface area contributed by atoms with Crippen LogP contribution in [0.1, 0.15) is 33.3 Å². The standard InChI is InChI=1S/C28H31ClFN3O4S/c1-20(27(35)31-28(2,3)4)32(18-21-10-8-9-13-25(21)29)26(34)19-33(23-16-14-22(30)15-17-23)38(36,37)24-11-6-5-7-12-24/h5-17,20H,18-19H2,1-4H3,(H,31,35)/t20-/m0/s1. The minimum Gasteiger partial charge on any atom is -0.350 e. The first-order chi connectivity index (χ1) is 17.8. The van der Waals surface area contributed by atoms with Crippen molar-refractivity contribution in [2.45, 2.75) is 50.7 Å². The highest BCUT2D eigenvalue weighted by Gasteiger charge is 2.33. The summed E-state index contributed by atoms with van der Waals surface area (Å²) < 4.78 is 41.9. The van der Waals surface area contributed by atoms with E-state index in [2.05, 4.69) is 5.32 Å². The summed E-state index contributed by atoms with van der Waals surface area (Å²) >= 11 is 6.35. The zero-order valence-corrected chi connectivity index (χ0v) is 23.3. The molecule has 10 heteroatoms. The summed E-state index contributed by atoms with van der Waals surface area (Å²) in [6.45, 7) is 6.38. The second-order valence-corrected chi connectivity index (χ2v) is 12.1. The number of hydrogen-bond acceptors (Lipinski definition) is 4. The molecule has 0 radical (unpaired) electrons. The van der Waals surface area contributed by atoms with E-state index in [1.807, 2.05) is 20.8 Å². The molecule has 0 spiro atoms. The van der Waals surface area contributed by atoms with Gasteiger partial charge in [0, 0.05) is 17.1 Å². The Kier molecular flexibility index (Phi) is 9.17. The first-order valence-corrected chi connectivity index (χ1v) is 13.8. The van der Waals surface area contributed by atoms with Crippen LogP contribution in [-0.2, 0) is 26.2 Å². The lowest BCUT2D eigenvalue weighted by Crippen LogP contribution is -2.54. The Hall–Kier alpha value is -3.43. The quantitative estimate of drug-likeness (QED) is 0.399. The van der Waals surface area contributed by atoms with Crippen LogP contribution in [0.25, 0.3) is 0 Å². The van der Waals surface area contributed by atoms with Gasteiger partial charge in [-0.15, -0.1) is 0 Å². The number of rotatable bonds is 9. The van der Waals surface area contributed by atoms with Crippen LogP contribution in [0.3, 0.4) is 0 Å². The van der Waals surface area contributed by atoms with Crippen LogP contribution >= 0.6 is 11.6 Å². The van der Waals surface area contributed by atoms with Crippen molar-refractivity contribution in [1.29, 1.82) is 0 Å². The fraction of sp³-hybridized carbons (Fsp3) is 0.286. The highest BCUT2D eigenvalue weighted by atomic mass is 35.5. The van der Waals surface area contributed by atoms with Gasteiger partial charge in [0.2, 0.25) is 11.8 Å². The second kappa shape index (κ2) is 12.0. The third-order valence-corrected chi connectivity index (χ3v) is 7.85. The van der Waals surface area contributed by atoms with Gasteiger partial charge in [0.1, 0.15) is 18.4 Å². The SMILES string of the molecule is C[C@@H](C(=O)NC(C)(C)C)N(Cc1ccccc1Cl)C(=O)CN(c1ccc(F)cc1)S(=O)(=O)c1ccccc1. The minimum atomic E-state index is -4.21. The van der Waals surface area contributed by atoms with Gasteiger partial charge in [-0.25, -0.2) is 12.8 Å². The van der Waals surface area contributed by atoms with Crippen LogP contribution in [-0.4, -0.2) is 43.3 Å². The Labute approximate surface area is 228 Å². The maximum Gasteiger partial charge on any atom is 0.264 e. The first kappa shape index (κ1) is 29.1. The fourth-order valence-corrected chi connectivity index (χ4v) is 5.35. The van der Waals surface area contributed by atoms with Crippen molar-refractivity contribution in [1.82, 2.24) is 10.2 Å².